The fourth-order valence-corrected chi connectivity index (χ4v) is 4.28. The predicted molar refractivity (Wildman–Crippen MR) is 115 cm³/mol. The lowest BCUT2D eigenvalue weighted by Gasteiger charge is -2.33. The van der Waals surface area contributed by atoms with E-state index in [0.29, 0.717) is 17.5 Å². The largest absolute Gasteiger partial charge is 0.356 e. The van der Waals surface area contributed by atoms with Crippen molar-refractivity contribution in [2.75, 3.05) is 40.8 Å². The highest BCUT2D eigenvalue weighted by molar-refractivity contribution is 7.89. The maximum Gasteiger partial charge on any atom is 0.242 e. The molecule has 2 rings (SSSR count). The molecule has 7 nitrogen and oxygen atoms in total. The van der Waals surface area contributed by atoms with E-state index in [2.05, 4.69) is 27.4 Å². The molecular weight excluding hydrogens is 374 g/mol. The molecule has 1 aromatic rings. The number of likely N-dealkylation sites (tertiary alicyclic amines) is 1. The maximum absolute atomic E-state index is 12.1. The number of rotatable bonds is 8. The predicted octanol–water partition coefficient (Wildman–Crippen LogP) is 1.87. The number of guanidine groups is 1. The molecule has 0 amide bonds. The van der Waals surface area contributed by atoms with E-state index in [-0.39, 0.29) is 0 Å². The van der Waals surface area contributed by atoms with Crippen molar-refractivity contribution in [3.63, 3.8) is 0 Å². The first-order valence-corrected chi connectivity index (χ1v) is 11.5. The van der Waals surface area contributed by atoms with Crippen LogP contribution in [0.25, 0.3) is 0 Å². The van der Waals surface area contributed by atoms with E-state index in [4.69, 9.17) is 0 Å². The molecule has 0 radical (unpaired) electrons. The van der Waals surface area contributed by atoms with E-state index < -0.39 is 10.0 Å². The third kappa shape index (κ3) is 6.46. The number of nitrogens with zero attached hydrogens (tertiary/aromatic N) is 3. The molecule has 158 valence electrons. The van der Waals surface area contributed by atoms with Crippen LogP contribution in [0.2, 0.25) is 0 Å². The van der Waals surface area contributed by atoms with Crippen molar-refractivity contribution in [2.45, 2.75) is 50.1 Å². The van der Waals surface area contributed by atoms with E-state index in [9.17, 15) is 8.42 Å². The van der Waals surface area contributed by atoms with E-state index in [0.717, 1.165) is 31.0 Å². The number of benzene rings is 1. The number of nitrogens with one attached hydrogen (secondary N) is 2. The zero-order valence-corrected chi connectivity index (χ0v) is 18.4. The first-order valence-electron chi connectivity index (χ1n) is 10.0. The number of piperidine rings is 1. The fourth-order valence-electron chi connectivity index (χ4n) is 3.38. The summed E-state index contributed by atoms with van der Waals surface area (Å²) in [7, 11) is 1.44. The van der Waals surface area contributed by atoms with Crippen LogP contribution in [0.1, 0.15) is 38.2 Å². The lowest BCUT2D eigenvalue weighted by Crippen LogP contribution is -2.41. The summed E-state index contributed by atoms with van der Waals surface area (Å²) in [6, 6.07) is 7.64. The van der Waals surface area contributed by atoms with Gasteiger partial charge in [0, 0.05) is 46.8 Å². The van der Waals surface area contributed by atoms with E-state index >= 15 is 0 Å². The van der Waals surface area contributed by atoms with Crippen LogP contribution < -0.4 is 10.6 Å². The number of hydrogen-bond donors (Lipinski definition) is 2. The molecular formula is C20H35N5O2S. The van der Waals surface area contributed by atoms with E-state index in [1.54, 1.807) is 19.2 Å². The van der Waals surface area contributed by atoms with Crippen LogP contribution >= 0.6 is 0 Å². The summed E-state index contributed by atoms with van der Waals surface area (Å²) in [5.41, 5.74) is 1.00. The van der Waals surface area contributed by atoms with Crippen molar-refractivity contribution in [1.82, 2.24) is 19.8 Å². The normalized spacial score (nSPS) is 19.0. The topological polar surface area (TPSA) is 77.0 Å². The van der Waals surface area contributed by atoms with Crippen LogP contribution in [-0.2, 0) is 16.6 Å². The second-order valence-electron chi connectivity index (χ2n) is 7.52. The van der Waals surface area contributed by atoms with Gasteiger partial charge in [-0.05, 0) is 50.4 Å². The molecule has 1 unspecified atom stereocenters. The van der Waals surface area contributed by atoms with Crippen LogP contribution in [0.5, 0.6) is 0 Å². The number of aliphatic imine (C=N–C) groups is 1. The second-order valence-corrected chi connectivity index (χ2v) is 9.67. The van der Waals surface area contributed by atoms with Crippen LogP contribution in [0.4, 0.5) is 0 Å². The van der Waals surface area contributed by atoms with Gasteiger partial charge in [-0.1, -0.05) is 18.6 Å². The summed E-state index contributed by atoms with van der Waals surface area (Å²) in [4.78, 5) is 7.14. The van der Waals surface area contributed by atoms with Crippen molar-refractivity contribution >= 4 is 16.0 Å². The molecule has 1 atom stereocenters. The minimum atomic E-state index is -3.39. The van der Waals surface area contributed by atoms with Gasteiger partial charge in [-0.25, -0.2) is 12.7 Å². The van der Waals surface area contributed by atoms with Gasteiger partial charge in [0.15, 0.2) is 5.96 Å². The highest BCUT2D eigenvalue weighted by Crippen LogP contribution is 2.16. The summed E-state index contributed by atoms with van der Waals surface area (Å²) < 4.78 is 25.4. The number of sulfonamides is 1. The highest BCUT2D eigenvalue weighted by Gasteiger charge is 2.17. The van der Waals surface area contributed by atoms with Gasteiger partial charge in [-0.15, -0.1) is 0 Å². The SMILES string of the molecule is CN=C(NCCCN1CCCCC1C)NCc1ccc(S(=O)(=O)N(C)C)cc1. The van der Waals surface area contributed by atoms with Crippen LogP contribution in [0.3, 0.4) is 0 Å². The standard InChI is InChI=1S/C20H35N5O2S/c1-17-8-5-6-14-25(17)15-7-13-22-20(21-2)23-16-18-9-11-19(12-10-18)28(26,27)24(3)4/h9-12,17H,5-8,13-16H2,1-4H3,(H2,21,22,23). The average molecular weight is 410 g/mol. The molecule has 0 bridgehead atoms. The summed E-state index contributed by atoms with van der Waals surface area (Å²) in [5.74, 6) is 0.761. The minimum absolute atomic E-state index is 0.302. The molecule has 1 aliphatic heterocycles. The molecule has 1 aliphatic rings. The molecule has 2 N–H and O–H groups in total. The van der Waals surface area contributed by atoms with Crippen LogP contribution in [0.15, 0.2) is 34.2 Å². The summed E-state index contributed by atoms with van der Waals surface area (Å²) in [5, 5.41) is 6.63. The van der Waals surface area contributed by atoms with Crippen LogP contribution in [0, 0.1) is 0 Å². The minimum Gasteiger partial charge on any atom is -0.356 e. The zero-order valence-electron chi connectivity index (χ0n) is 17.6. The third-order valence-electron chi connectivity index (χ3n) is 5.24. The van der Waals surface area contributed by atoms with Gasteiger partial charge in [0.2, 0.25) is 10.0 Å². The Bertz CT molecular complexity index is 731. The number of hydrogen-bond acceptors (Lipinski definition) is 4. The van der Waals surface area contributed by atoms with Gasteiger partial charge in [-0.2, -0.15) is 0 Å². The molecule has 28 heavy (non-hydrogen) atoms. The lowest BCUT2D eigenvalue weighted by molar-refractivity contribution is 0.159. The van der Waals surface area contributed by atoms with Crippen molar-refractivity contribution in [3.05, 3.63) is 29.8 Å². The molecule has 1 saturated heterocycles. The molecule has 0 aliphatic carbocycles. The Kier molecular flexibility index (Phi) is 8.72. The second kappa shape index (κ2) is 10.8. The molecule has 1 heterocycles. The quantitative estimate of drug-likeness (QED) is 0.389. The first kappa shape index (κ1) is 22.6. The summed E-state index contributed by atoms with van der Waals surface area (Å²) in [6.07, 6.45) is 5.07. The van der Waals surface area contributed by atoms with Crippen molar-refractivity contribution < 1.29 is 8.42 Å². The van der Waals surface area contributed by atoms with Gasteiger partial charge >= 0.3 is 0 Å². The van der Waals surface area contributed by atoms with Crippen molar-refractivity contribution in [2.24, 2.45) is 4.99 Å². The Morgan fingerprint density at radius 1 is 1.21 bits per heavy atom. The summed E-state index contributed by atoms with van der Waals surface area (Å²) >= 11 is 0. The molecule has 0 spiro atoms. The van der Waals surface area contributed by atoms with Gasteiger partial charge < -0.3 is 15.5 Å². The Labute approximate surface area is 170 Å². The van der Waals surface area contributed by atoms with E-state index in [1.165, 1.54) is 44.2 Å². The molecule has 0 aromatic heterocycles. The first-order chi connectivity index (χ1) is 13.3. The lowest BCUT2D eigenvalue weighted by atomic mass is 10.0. The highest BCUT2D eigenvalue weighted by atomic mass is 32.2. The Hall–Kier alpha value is -1.64. The maximum atomic E-state index is 12.1. The zero-order chi connectivity index (χ0) is 20.6. The molecule has 0 saturated carbocycles. The van der Waals surface area contributed by atoms with Crippen molar-refractivity contribution in [3.8, 4) is 0 Å². The summed E-state index contributed by atoms with van der Waals surface area (Å²) in [6.45, 7) is 6.12. The van der Waals surface area contributed by atoms with Gasteiger partial charge in [0.25, 0.3) is 0 Å². The molecule has 1 aromatic carbocycles. The van der Waals surface area contributed by atoms with Crippen LogP contribution in [-0.4, -0.2) is 70.4 Å². The van der Waals surface area contributed by atoms with Gasteiger partial charge in [-0.3, -0.25) is 4.99 Å². The monoisotopic (exact) mass is 409 g/mol. The molecule has 1 fully saturated rings. The van der Waals surface area contributed by atoms with Crippen molar-refractivity contribution in [1.29, 1.82) is 0 Å². The average Bonchev–Trinajstić information content (AvgIpc) is 2.69. The Morgan fingerprint density at radius 3 is 2.54 bits per heavy atom. The van der Waals surface area contributed by atoms with E-state index in [1.807, 2.05) is 12.1 Å². The molecule has 8 heteroatoms. The Morgan fingerprint density at radius 2 is 1.93 bits per heavy atom. The third-order valence-corrected chi connectivity index (χ3v) is 7.07. The van der Waals surface area contributed by atoms with Gasteiger partial charge in [0.1, 0.15) is 0 Å². The Balaban J connectivity index is 1.74. The smallest absolute Gasteiger partial charge is 0.242 e. The fraction of sp³-hybridized carbons (Fsp3) is 0.650. The van der Waals surface area contributed by atoms with Gasteiger partial charge in [0.05, 0.1) is 4.90 Å².